The Morgan fingerprint density at radius 3 is 2.80 bits per heavy atom. The molecule has 15 heavy (non-hydrogen) atoms. The Morgan fingerprint density at radius 1 is 1.53 bits per heavy atom. The van der Waals surface area contributed by atoms with Crippen LogP contribution in [0.3, 0.4) is 0 Å². The maximum absolute atomic E-state index is 11.5. The number of carbonyl (C=O) groups is 1. The lowest BCUT2D eigenvalue weighted by Crippen LogP contribution is -2.31. The minimum Gasteiger partial charge on any atom is -0.452 e. The zero-order valence-electron chi connectivity index (χ0n) is 9.06. The van der Waals surface area contributed by atoms with Crippen molar-refractivity contribution in [1.82, 2.24) is 0 Å². The number of methoxy groups -OCH3 is 1. The second kappa shape index (κ2) is 5.24. The molecule has 2 N–H and O–H groups in total. The zero-order chi connectivity index (χ0) is 11.3. The molecule has 1 rings (SSSR count). The minimum atomic E-state index is -0.359. The van der Waals surface area contributed by atoms with Crippen LogP contribution < -0.4 is 10.6 Å². The molecule has 4 nitrogen and oxygen atoms in total. The highest BCUT2D eigenvalue weighted by molar-refractivity contribution is 5.88. The lowest BCUT2D eigenvalue weighted by molar-refractivity contribution is 0.178. The van der Waals surface area contributed by atoms with Crippen molar-refractivity contribution < 1.29 is 9.53 Å². The van der Waals surface area contributed by atoms with Crippen molar-refractivity contribution in [3.8, 4) is 0 Å². The first-order valence-corrected chi connectivity index (χ1v) is 4.90. The van der Waals surface area contributed by atoms with Crippen LogP contribution in [0.15, 0.2) is 24.3 Å². The average Bonchev–Trinajstić information content (AvgIpc) is 2.25. The second-order valence-electron chi connectivity index (χ2n) is 3.22. The molecule has 1 aromatic rings. The number of hydrogen-bond donors (Lipinski definition) is 1. The highest BCUT2D eigenvalue weighted by Crippen LogP contribution is 2.18. The van der Waals surface area contributed by atoms with Crippen LogP contribution in [0.25, 0.3) is 0 Å². The fourth-order valence-electron chi connectivity index (χ4n) is 1.35. The SMILES string of the molecule is CCCN(C(=O)OC)c1cccc(N)c1. The number of ether oxygens (including phenoxy) is 1. The van der Waals surface area contributed by atoms with Gasteiger partial charge in [-0.2, -0.15) is 0 Å². The van der Waals surface area contributed by atoms with Gasteiger partial charge >= 0.3 is 6.09 Å². The predicted octanol–water partition coefficient (Wildman–Crippen LogP) is 2.25. The van der Waals surface area contributed by atoms with Gasteiger partial charge in [0.1, 0.15) is 0 Å². The molecule has 82 valence electrons. The molecule has 1 amide bonds. The van der Waals surface area contributed by atoms with E-state index in [-0.39, 0.29) is 6.09 Å². The lowest BCUT2D eigenvalue weighted by atomic mass is 10.2. The molecule has 0 saturated carbocycles. The van der Waals surface area contributed by atoms with Crippen molar-refractivity contribution in [2.24, 2.45) is 0 Å². The number of rotatable bonds is 3. The van der Waals surface area contributed by atoms with E-state index < -0.39 is 0 Å². The van der Waals surface area contributed by atoms with Crippen LogP contribution in [0.1, 0.15) is 13.3 Å². The predicted molar refractivity (Wildman–Crippen MR) is 60.9 cm³/mol. The zero-order valence-corrected chi connectivity index (χ0v) is 9.06. The third-order valence-corrected chi connectivity index (χ3v) is 2.02. The summed E-state index contributed by atoms with van der Waals surface area (Å²) in [5, 5.41) is 0. The number of nitrogen functional groups attached to an aromatic ring is 1. The van der Waals surface area contributed by atoms with Crippen molar-refractivity contribution in [2.45, 2.75) is 13.3 Å². The quantitative estimate of drug-likeness (QED) is 0.775. The van der Waals surface area contributed by atoms with E-state index >= 15 is 0 Å². The molecule has 0 bridgehead atoms. The normalized spacial score (nSPS) is 9.73. The van der Waals surface area contributed by atoms with Crippen LogP contribution in [0.5, 0.6) is 0 Å². The monoisotopic (exact) mass is 208 g/mol. The second-order valence-corrected chi connectivity index (χ2v) is 3.22. The van der Waals surface area contributed by atoms with E-state index in [4.69, 9.17) is 10.5 Å². The summed E-state index contributed by atoms with van der Waals surface area (Å²) in [7, 11) is 1.37. The molecule has 4 heteroatoms. The van der Waals surface area contributed by atoms with Crippen LogP contribution in [0.4, 0.5) is 16.2 Å². The molecular formula is C11H16N2O2. The summed E-state index contributed by atoms with van der Waals surface area (Å²) in [6.45, 7) is 2.62. The van der Waals surface area contributed by atoms with Crippen LogP contribution in [-0.2, 0) is 4.74 Å². The maximum Gasteiger partial charge on any atom is 0.413 e. The van der Waals surface area contributed by atoms with E-state index in [0.717, 1.165) is 12.1 Å². The van der Waals surface area contributed by atoms with Gasteiger partial charge in [-0.05, 0) is 24.6 Å². The molecular weight excluding hydrogens is 192 g/mol. The average molecular weight is 208 g/mol. The summed E-state index contributed by atoms with van der Waals surface area (Å²) in [4.78, 5) is 13.0. The van der Waals surface area contributed by atoms with Gasteiger partial charge in [0.15, 0.2) is 0 Å². The molecule has 0 radical (unpaired) electrons. The standard InChI is InChI=1S/C11H16N2O2/c1-3-7-13(11(14)15-2)10-6-4-5-9(12)8-10/h4-6,8H,3,7,12H2,1-2H3. The smallest absolute Gasteiger partial charge is 0.413 e. The summed E-state index contributed by atoms with van der Waals surface area (Å²) >= 11 is 0. The summed E-state index contributed by atoms with van der Waals surface area (Å²) in [6.07, 6.45) is 0.506. The van der Waals surface area contributed by atoms with Gasteiger partial charge in [0.2, 0.25) is 0 Å². The van der Waals surface area contributed by atoms with Crippen LogP contribution in [0.2, 0.25) is 0 Å². The summed E-state index contributed by atoms with van der Waals surface area (Å²) in [5.41, 5.74) is 7.06. The number of nitrogens with zero attached hydrogens (tertiary/aromatic N) is 1. The first-order valence-electron chi connectivity index (χ1n) is 4.90. The Hall–Kier alpha value is -1.71. The molecule has 0 aromatic heterocycles. The van der Waals surface area contributed by atoms with Crippen LogP contribution in [-0.4, -0.2) is 19.7 Å². The van der Waals surface area contributed by atoms with Crippen LogP contribution >= 0.6 is 0 Å². The lowest BCUT2D eigenvalue weighted by Gasteiger charge is -2.20. The fourth-order valence-corrected chi connectivity index (χ4v) is 1.35. The third-order valence-electron chi connectivity index (χ3n) is 2.02. The Morgan fingerprint density at radius 2 is 2.27 bits per heavy atom. The van der Waals surface area contributed by atoms with Crippen LogP contribution in [0, 0.1) is 0 Å². The van der Waals surface area contributed by atoms with Crippen molar-refractivity contribution in [3.63, 3.8) is 0 Å². The van der Waals surface area contributed by atoms with Gasteiger partial charge in [-0.25, -0.2) is 4.79 Å². The summed E-state index contributed by atoms with van der Waals surface area (Å²) < 4.78 is 4.71. The van der Waals surface area contributed by atoms with E-state index in [1.54, 1.807) is 17.0 Å². The topological polar surface area (TPSA) is 55.6 Å². The van der Waals surface area contributed by atoms with Crippen molar-refractivity contribution in [3.05, 3.63) is 24.3 Å². The Kier molecular flexibility index (Phi) is 3.97. The molecule has 0 fully saturated rings. The van der Waals surface area contributed by atoms with Gasteiger partial charge in [0.25, 0.3) is 0 Å². The van der Waals surface area contributed by atoms with Gasteiger partial charge in [-0.3, -0.25) is 4.90 Å². The van der Waals surface area contributed by atoms with E-state index in [9.17, 15) is 4.79 Å². The third kappa shape index (κ3) is 2.87. The number of anilines is 2. The minimum absolute atomic E-state index is 0.359. The highest BCUT2D eigenvalue weighted by Gasteiger charge is 2.14. The fraction of sp³-hybridized carbons (Fsp3) is 0.364. The van der Waals surface area contributed by atoms with E-state index in [2.05, 4.69) is 0 Å². The summed E-state index contributed by atoms with van der Waals surface area (Å²) in [6, 6.07) is 7.19. The van der Waals surface area contributed by atoms with Gasteiger partial charge in [-0.15, -0.1) is 0 Å². The Labute approximate surface area is 89.6 Å². The Balaban J connectivity index is 2.93. The first kappa shape index (κ1) is 11.4. The maximum atomic E-state index is 11.5. The van der Waals surface area contributed by atoms with Crippen molar-refractivity contribution >= 4 is 17.5 Å². The summed E-state index contributed by atoms with van der Waals surface area (Å²) in [5.74, 6) is 0. The molecule has 0 unspecified atom stereocenters. The molecule has 1 aromatic carbocycles. The first-order chi connectivity index (χ1) is 7.19. The van der Waals surface area contributed by atoms with E-state index in [1.807, 2.05) is 19.1 Å². The number of nitrogens with two attached hydrogens (primary N) is 1. The number of hydrogen-bond acceptors (Lipinski definition) is 3. The molecule has 0 aliphatic carbocycles. The number of amides is 1. The van der Waals surface area contributed by atoms with Gasteiger partial charge in [-0.1, -0.05) is 13.0 Å². The molecule has 0 aliphatic rings. The number of benzene rings is 1. The molecule has 0 atom stereocenters. The van der Waals surface area contributed by atoms with Gasteiger partial charge in [0, 0.05) is 17.9 Å². The van der Waals surface area contributed by atoms with Gasteiger partial charge in [0.05, 0.1) is 7.11 Å². The van der Waals surface area contributed by atoms with Crippen molar-refractivity contribution in [2.75, 3.05) is 24.3 Å². The molecule has 0 heterocycles. The van der Waals surface area contributed by atoms with Gasteiger partial charge < -0.3 is 10.5 Å². The number of carbonyl (C=O) groups excluding carboxylic acids is 1. The van der Waals surface area contributed by atoms with E-state index in [1.165, 1.54) is 7.11 Å². The largest absolute Gasteiger partial charge is 0.452 e. The molecule has 0 saturated heterocycles. The van der Waals surface area contributed by atoms with Crippen molar-refractivity contribution in [1.29, 1.82) is 0 Å². The van der Waals surface area contributed by atoms with E-state index in [0.29, 0.717) is 12.2 Å². The highest BCUT2D eigenvalue weighted by atomic mass is 16.5. The molecule has 0 spiro atoms. The molecule has 0 aliphatic heterocycles. The Bertz CT molecular complexity index is 339.